The molecule has 0 unspecified atom stereocenters. The smallest absolute Gasteiger partial charge is 0.223 e. The minimum Gasteiger partial charge on any atom is -0.383 e. The van der Waals surface area contributed by atoms with Crippen molar-refractivity contribution in [3.8, 4) is 0 Å². The summed E-state index contributed by atoms with van der Waals surface area (Å²) in [6.07, 6.45) is 5.58. The summed E-state index contributed by atoms with van der Waals surface area (Å²) in [5.74, 6) is 0.345. The van der Waals surface area contributed by atoms with Gasteiger partial charge in [-0.2, -0.15) is 0 Å². The molecule has 5 heteroatoms. The summed E-state index contributed by atoms with van der Waals surface area (Å²) >= 11 is 0. The number of nitrogens with zero attached hydrogens (tertiary/aromatic N) is 1. The fourth-order valence-corrected chi connectivity index (χ4v) is 2.45. The fraction of sp³-hybridized carbons (Fsp3) is 0.857. The third-order valence-electron chi connectivity index (χ3n) is 3.67. The predicted molar refractivity (Wildman–Crippen MR) is 73.7 cm³/mol. The Morgan fingerprint density at radius 1 is 1.21 bits per heavy atom. The van der Waals surface area contributed by atoms with E-state index in [2.05, 4.69) is 5.32 Å². The van der Waals surface area contributed by atoms with Crippen molar-refractivity contribution < 1.29 is 14.3 Å². The van der Waals surface area contributed by atoms with Gasteiger partial charge in [0.15, 0.2) is 0 Å². The Bertz CT molecular complexity index is 288. The molecule has 1 saturated carbocycles. The van der Waals surface area contributed by atoms with Gasteiger partial charge in [0.25, 0.3) is 0 Å². The van der Waals surface area contributed by atoms with Gasteiger partial charge in [0.1, 0.15) is 0 Å². The van der Waals surface area contributed by atoms with E-state index < -0.39 is 0 Å². The molecule has 0 spiro atoms. The van der Waals surface area contributed by atoms with E-state index in [0.717, 1.165) is 25.7 Å². The topological polar surface area (TPSA) is 58.6 Å². The molecule has 2 amide bonds. The molecule has 1 aliphatic rings. The molecule has 0 atom stereocenters. The molecule has 0 aliphatic heterocycles. The van der Waals surface area contributed by atoms with Crippen LogP contribution in [0.4, 0.5) is 0 Å². The highest BCUT2D eigenvalue weighted by atomic mass is 16.5. The zero-order valence-corrected chi connectivity index (χ0v) is 12.1. The molecule has 1 fully saturated rings. The quantitative estimate of drug-likeness (QED) is 0.755. The summed E-state index contributed by atoms with van der Waals surface area (Å²) in [5.41, 5.74) is 0. The summed E-state index contributed by atoms with van der Waals surface area (Å²) in [6, 6.07) is 0. The molecule has 0 bridgehead atoms. The number of carbonyl (C=O) groups excluding carboxylic acids is 2. The number of hydrogen-bond donors (Lipinski definition) is 1. The SMILES string of the molecule is COCCN(CCNC(=O)C1CCCCC1)C(C)=O. The lowest BCUT2D eigenvalue weighted by molar-refractivity contribution is -0.130. The van der Waals surface area contributed by atoms with Crippen LogP contribution in [0.1, 0.15) is 39.0 Å². The van der Waals surface area contributed by atoms with Crippen molar-refractivity contribution in [2.75, 3.05) is 33.4 Å². The first-order valence-electron chi connectivity index (χ1n) is 7.17. The highest BCUT2D eigenvalue weighted by molar-refractivity contribution is 5.78. The number of ether oxygens (including phenoxy) is 1. The number of nitrogens with one attached hydrogen (secondary N) is 1. The van der Waals surface area contributed by atoms with Crippen LogP contribution in [0.2, 0.25) is 0 Å². The lowest BCUT2D eigenvalue weighted by atomic mass is 9.89. The minimum absolute atomic E-state index is 0.0176. The summed E-state index contributed by atoms with van der Waals surface area (Å²) in [4.78, 5) is 25.0. The average molecular weight is 270 g/mol. The van der Waals surface area contributed by atoms with Gasteiger partial charge in [0, 0.05) is 39.6 Å². The Labute approximate surface area is 115 Å². The van der Waals surface area contributed by atoms with E-state index >= 15 is 0 Å². The van der Waals surface area contributed by atoms with Gasteiger partial charge in [-0.1, -0.05) is 19.3 Å². The lowest BCUT2D eigenvalue weighted by Crippen LogP contribution is -2.41. The molecule has 0 heterocycles. The van der Waals surface area contributed by atoms with Gasteiger partial charge in [-0.15, -0.1) is 0 Å². The standard InChI is InChI=1S/C14H26N2O3/c1-12(17)16(10-11-19-2)9-8-15-14(18)13-6-4-3-5-7-13/h13H,3-11H2,1-2H3,(H,15,18). The number of rotatable bonds is 7. The molecule has 5 nitrogen and oxygen atoms in total. The number of methoxy groups -OCH3 is 1. The Kier molecular flexibility index (Phi) is 7.48. The van der Waals surface area contributed by atoms with Crippen molar-refractivity contribution >= 4 is 11.8 Å². The van der Waals surface area contributed by atoms with Crippen molar-refractivity contribution in [1.82, 2.24) is 10.2 Å². The fourth-order valence-electron chi connectivity index (χ4n) is 2.45. The molecular formula is C14H26N2O3. The Morgan fingerprint density at radius 2 is 1.89 bits per heavy atom. The van der Waals surface area contributed by atoms with Crippen LogP contribution in [0.5, 0.6) is 0 Å². The number of carbonyl (C=O) groups is 2. The third-order valence-corrected chi connectivity index (χ3v) is 3.67. The number of hydrogen-bond acceptors (Lipinski definition) is 3. The van der Waals surface area contributed by atoms with Crippen LogP contribution < -0.4 is 5.32 Å². The maximum absolute atomic E-state index is 11.9. The molecule has 0 saturated heterocycles. The second-order valence-electron chi connectivity index (χ2n) is 5.12. The van der Waals surface area contributed by atoms with Crippen molar-refractivity contribution in [2.45, 2.75) is 39.0 Å². The first-order valence-corrected chi connectivity index (χ1v) is 7.17. The van der Waals surface area contributed by atoms with E-state index in [9.17, 15) is 9.59 Å². The molecule has 0 aromatic rings. The van der Waals surface area contributed by atoms with Gasteiger partial charge < -0.3 is 15.0 Å². The van der Waals surface area contributed by atoms with Crippen LogP contribution >= 0.6 is 0 Å². The Hall–Kier alpha value is -1.10. The van der Waals surface area contributed by atoms with Crippen molar-refractivity contribution in [3.05, 3.63) is 0 Å². The molecule has 0 aromatic heterocycles. The van der Waals surface area contributed by atoms with Gasteiger partial charge in [-0.25, -0.2) is 0 Å². The van der Waals surface area contributed by atoms with E-state index in [-0.39, 0.29) is 17.7 Å². The second-order valence-corrected chi connectivity index (χ2v) is 5.12. The first-order chi connectivity index (χ1) is 9.15. The van der Waals surface area contributed by atoms with Crippen molar-refractivity contribution in [1.29, 1.82) is 0 Å². The maximum atomic E-state index is 11.9. The molecular weight excluding hydrogens is 244 g/mol. The van der Waals surface area contributed by atoms with E-state index in [4.69, 9.17) is 4.74 Å². The number of amides is 2. The molecule has 0 aromatic carbocycles. The van der Waals surface area contributed by atoms with Crippen molar-refractivity contribution in [3.63, 3.8) is 0 Å². The molecule has 0 radical (unpaired) electrons. The zero-order valence-electron chi connectivity index (χ0n) is 12.1. The van der Waals surface area contributed by atoms with E-state index in [1.807, 2.05) is 0 Å². The largest absolute Gasteiger partial charge is 0.383 e. The van der Waals surface area contributed by atoms with E-state index in [0.29, 0.717) is 26.2 Å². The summed E-state index contributed by atoms with van der Waals surface area (Å²) in [5, 5.41) is 2.94. The summed E-state index contributed by atoms with van der Waals surface area (Å²) in [7, 11) is 1.61. The monoisotopic (exact) mass is 270 g/mol. The van der Waals surface area contributed by atoms with Crippen LogP contribution in [-0.4, -0.2) is 50.1 Å². The highest BCUT2D eigenvalue weighted by Crippen LogP contribution is 2.23. The van der Waals surface area contributed by atoms with Gasteiger partial charge in [0.05, 0.1) is 6.61 Å². The van der Waals surface area contributed by atoms with E-state index in [1.165, 1.54) is 6.42 Å². The van der Waals surface area contributed by atoms with Crippen LogP contribution in [0.3, 0.4) is 0 Å². The maximum Gasteiger partial charge on any atom is 0.223 e. The zero-order chi connectivity index (χ0) is 14.1. The van der Waals surface area contributed by atoms with Crippen molar-refractivity contribution in [2.24, 2.45) is 5.92 Å². The molecule has 110 valence electrons. The first kappa shape index (κ1) is 16.0. The average Bonchev–Trinajstić information content (AvgIpc) is 2.43. The predicted octanol–water partition coefficient (Wildman–Crippen LogP) is 1.18. The minimum atomic E-state index is 0.0176. The van der Waals surface area contributed by atoms with Crippen LogP contribution in [-0.2, 0) is 14.3 Å². The van der Waals surface area contributed by atoms with Crippen LogP contribution in [0, 0.1) is 5.92 Å². The van der Waals surface area contributed by atoms with Gasteiger partial charge in [-0.05, 0) is 12.8 Å². The molecule has 19 heavy (non-hydrogen) atoms. The van der Waals surface area contributed by atoms with Gasteiger partial charge in [-0.3, -0.25) is 9.59 Å². The Balaban J connectivity index is 2.22. The van der Waals surface area contributed by atoms with Gasteiger partial charge >= 0.3 is 0 Å². The van der Waals surface area contributed by atoms with Gasteiger partial charge in [0.2, 0.25) is 11.8 Å². The summed E-state index contributed by atoms with van der Waals surface area (Å²) < 4.78 is 4.96. The molecule has 1 N–H and O–H groups in total. The normalized spacial score (nSPS) is 16.1. The van der Waals surface area contributed by atoms with E-state index in [1.54, 1.807) is 18.9 Å². The molecule has 1 rings (SSSR count). The molecule has 1 aliphatic carbocycles. The summed E-state index contributed by atoms with van der Waals surface area (Å²) in [6.45, 7) is 3.72. The second kappa shape index (κ2) is 8.91. The van der Waals surface area contributed by atoms with Crippen LogP contribution in [0.25, 0.3) is 0 Å². The lowest BCUT2D eigenvalue weighted by Gasteiger charge is -2.23. The highest BCUT2D eigenvalue weighted by Gasteiger charge is 2.20. The van der Waals surface area contributed by atoms with Crippen LogP contribution in [0.15, 0.2) is 0 Å². The third kappa shape index (κ3) is 6.05. The Morgan fingerprint density at radius 3 is 2.47 bits per heavy atom.